The van der Waals surface area contributed by atoms with Gasteiger partial charge in [-0.3, -0.25) is 4.79 Å². The Balaban J connectivity index is 2.19. The van der Waals surface area contributed by atoms with Crippen molar-refractivity contribution in [2.45, 2.75) is 38.1 Å². The minimum absolute atomic E-state index is 0.130. The van der Waals surface area contributed by atoms with E-state index in [1.54, 1.807) is 0 Å². The van der Waals surface area contributed by atoms with Gasteiger partial charge in [-0.15, -0.1) is 0 Å². The van der Waals surface area contributed by atoms with Crippen LogP contribution in [0.3, 0.4) is 0 Å². The van der Waals surface area contributed by atoms with Gasteiger partial charge in [0.15, 0.2) is 0 Å². The molecule has 1 aromatic carbocycles. The highest BCUT2D eigenvalue weighted by atomic mass is 16.4. The van der Waals surface area contributed by atoms with Crippen molar-refractivity contribution < 1.29 is 14.7 Å². The van der Waals surface area contributed by atoms with Crippen LogP contribution in [-0.4, -0.2) is 23.0 Å². The molecule has 1 aromatic rings. The molecule has 2 N–H and O–H groups in total. The van der Waals surface area contributed by atoms with Gasteiger partial charge in [-0.2, -0.15) is 0 Å². The second kappa shape index (κ2) is 5.21. The van der Waals surface area contributed by atoms with Crippen molar-refractivity contribution in [3.05, 3.63) is 35.4 Å². The Labute approximate surface area is 106 Å². The molecule has 0 bridgehead atoms. The van der Waals surface area contributed by atoms with Crippen LogP contribution in [0.1, 0.15) is 36.3 Å². The molecule has 18 heavy (non-hydrogen) atoms. The van der Waals surface area contributed by atoms with Crippen LogP contribution in [0.5, 0.6) is 0 Å². The lowest BCUT2D eigenvalue weighted by atomic mass is 9.89. The summed E-state index contributed by atoms with van der Waals surface area (Å²) in [5.41, 5.74) is 2.29. The van der Waals surface area contributed by atoms with Crippen molar-refractivity contribution in [1.29, 1.82) is 0 Å². The second-order valence-electron chi connectivity index (χ2n) is 4.84. The van der Waals surface area contributed by atoms with E-state index < -0.39 is 12.0 Å². The van der Waals surface area contributed by atoms with Crippen molar-refractivity contribution in [2.24, 2.45) is 0 Å². The Kier molecular flexibility index (Phi) is 3.65. The summed E-state index contributed by atoms with van der Waals surface area (Å²) in [6.45, 7) is 2.02. The largest absolute Gasteiger partial charge is 0.480 e. The fourth-order valence-electron chi connectivity index (χ4n) is 2.34. The predicted molar refractivity (Wildman–Crippen MR) is 67.3 cm³/mol. The zero-order chi connectivity index (χ0) is 13.1. The van der Waals surface area contributed by atoms with Crippen LogP contribution in [0.2, 0.25) is 0 Å². The first-order chi connectivity index (χ1) is 8.56. The van der Waals surface area contributed by atoms with Crippen molar-refractivity contribution in [1.82, 2.24) is 5.32 Å². The summed E-state index contributed by atoms with van der Waals surface area (Å²) in [6.07, 6.45) is 1.56. The van der Waals surface area contributed by atoms with Crippen LogP contribution in [-0.2, 0) is 9.59 Å². The number of aryl methyl sites for hydroxylation is 1. The number of rotatable bonds is 2. The number of carboxylic acids is 1. The number of carboxylic acid groups (broad SMARTS) is 1. The van der Waals surface area contributed by atoms with E-state index in [1.807, 2.05) is 31.2 Å². The topological polar surface area (TPSA) is 66.4 Å². The van der Waals surface area contributed by atoms with Crippen molar-refractivity contribution in [3.8, 4) is 0 Å². The van der Waals surface area contributed by atoms with Crippen molar-refractivity contribution in [3.63, 3.8) is 0 Å². The van der Waals surface area contributed by atoms with Crippen LogP contribution in [0.25, 0.3) is 0 Å². The number of hydrogen-bond acceptors (Lipinski definition) is 2. The molecule has 4 heteroatoms. The van der Waals surface area contributed by atoms with Crippen LogP contribution in [0.4, 0.5) is 0 Å². The molecule has 0 aliphatic carbocycles. The zero-order valence-corrected chi connectivity index (χ0v) is 10.3. The molecule has 1 amide bonds. The molecule has 1 aliphatic rings. The molecule has 1 heterocycles. The maximum absolute atomic E-state index is 11.5. The average Bonchev–Trinajstić information content (AvgIpc) is 2.52. The highest BCUT2D eigenvalue weighted by Gasteiger charge is 2.28. The van der Waals surface area contributed by atoms with E-state index in [2.05, 4.69) is 5.32 Å². The molecule has 1 fully saturated rings. The lowest BCUT2D eigenvalue weighted by Gasteiger charge is -2.17. The summed E-state index contributed by atoms with van der Waals surface area (Å²) in [4.78, 5) is 22.5. The molecule has 0 aromatic heterocycles. The van der Waals surface area contributed by atoms with Gasteiger partial charge in [0.25, 0.3) is 0 Å². The number of benzene rings is 1. The van der Waals surface area contributed by atoms with Gasteiger partial charge in [-0.05, 0) is 31.2 Å². The SMILES string of the molecule is Cc1ccc(C2CCC(=O)NC(C(=O)O)C2)cc1. The van der Waals surface area contributed by atoms with E-state index in [1.165, 1.54) is 5.56 Å². The molecule has 0 spiro atoms. The number of nitrogens with one attached hydrogen (secondary N) is 1. The van der Waals surface area contributed by atoms with E-state index in [0.29, 0.717) is 19.3 Å². The van der Waals surface area contributed by atoms with Gasteiger partial charge >= 0.3 is 5.97 Å². The zero-order valence-electron chi connectivity index (χ0n) is 10.3. The van der Waals surface area contributed by atoms with E-state index in [0.717, 1.165) is 5.56 Å². The molecule has 1 saturated heterocycles. The minimum Gasteiger partial charge on any atom is -0.480 e. The Morgan fingerprint density at radius 3 is 2.61 bits per heavy atom. The Morgan fingerprint density at radius 2 is 2.00 bits per heavy atom. The highest BCUT2D eigenvalue weighted by Crippen LogP contribution is 2.28. The standard InChI is InChI=1S/C14H17NO3/c1-9-2-4-10(5-3-9)11-6-7-13(16)15-12(8-11)14(17)18/h2-5,11-12H,6-8H2,1H3,(H,15,16)(H,17,18). The molecule has 2 rings (SSSR count). The fourth-order valence-corrected chi connectivity index (χ4v) is 2.34. The number of carbonyl (C=O) groups is 2. The van der Waals surface area contributed by atoms with Crippen molar-refractivity contribution in [2.75, 3.05) is 0 Å². The van der Waals surface area contributed by atoms with Gasteiger partial charge in [-0.25, -0.2) is 4.79 Å². The molecule has 1 aliphatic heterocycles. The maximum Gasteiger partial charge on any atom is 0.326 e. The van der Waals surface area contributed by atoms with Gasteiger partial charge in [0.2, 0.25) is 5.91 Å². The molecule has 0 saturated carbocycles. The normalized spacial score (nSPS) is 24.2. The lowest BCUT2D eigenvalue weighted by Crippen LogP contribution is -2.39. The summed E-state index contributed by atoms with van der Waals surface area (Å²) in [7, 11) is 0. The maximum atomic E-state index is 11.5. The number of amides is 1. The molecule has 96 valence electrons. The number of aliphatic carboxylic acids is 1. The monoisotopic (exact) mass is 247 g/mol. The molecule has 4 nitrogen and oxygen atoms in total. The van der Waals surface area contributed by atoms with Gasteiger partial charge in [0.1, 0.15) is 6.04 Å². The van der Waals surface area contributed by atoms with E-state index in [-0.39, 0.29) is 11.8 Å². The summed E-state index contributed by atoms with van der Waals surface area (Å²) in [6, 6.07) is 7.31. The average molecular weight is 247 g/mol. The molecular weight excluding hydrogens is 230 g/mol. The molecule has 2 atom stereocenters. The number of hydrogen-bond donors (Lipinski definition) is 2. The molecule has 2 unspecified atom stereocenters. The third-order valence-corrected chi connectivity index (χ3v) is 3.42. The van der Waals surface area contributed by atoms with Crippen LogP contribution in [0.15, 0.2) is 24.3 Å². The fraction of sp³-hybridized carbons (Fsp3) is 0.429. The van der Waals surface area contributed by atoms with E-state index >= 15 is 0 Å². The molecule has 0 radical (unpaired) electrons. The van der Waals surface area contributed by atoms with Gasteiger partial charge in [0.05, 0.1) is 0 Å². The van der Waals surface area contributed by atoms with Gasteiger partial charge in [-0.1, -0.05) is 29.8 Å². The summed E-state index contributed by atoms with van der Waals surface area (Å²) >= 11 is 0. The summed E-state index contributed by atoms with van der Waals surface area (Å²) in [5, 5.41) is 11.6. The predicted octanol–water partition coefficient (Wildman–Crippen LogP) is 1.83. The molecular formula is C14H17NO3. The van der Waals surface area contributed by atoms with Gasteiger partial charge in [0, 0.05) is 6.42 Å². The van der Waals surface area contributed by atoms with Crippen LogP contribution < -0.4 is 5.32 Å². The third-order valence-electron chi connectivity index (χ3n) is 3.42. The Bertz CT molecular complexity index is 453. The Hall–Kier alpha value is -1.84. The second-order valence-corrected chi connectivity index (χ2v) is 4.84. The van der Waals surface area contributed by atoms with E-state index in [4.69, 9.17) is 5.11 Å². The lowest BCUT2D eigenvalue weighted by molar-refractivity contribution is -0.141. The first kappa shape index (κ1) is 12.6. The third kappa shape index (κ3) is 2.88. The van der Waals surface area contributed by atoms with E-state index in [9.17, 15) is 9.59 Å². The number of carbonyl (C=O) groups excluding carboxylic acids is 1. The first-order valence-electron chi connectivity index (χ1n) is 6.15. The minimum atomic E-state index is -0.956. The summed E-state index contributed by atoms with van der Waals surface area (Å²) in [5.74, 6) is -0.995. The quantitative estimate of drug-likeness (QED) is 0.838. The Morgan fingerprint density at radius 1 is 1.33 bits per heavy atom. The first-order valence-corrected chi connectivity index (χ1v) is 6.15. The highest BCUT2D eigenvalue weighted by molar-refractivity contribution is 5.84. The van der Waals surface area contributed by atoms with Crippen LogP contribution >= 0.6 is 0 Å². The smallest absolute Gasteiger partial charge is 0.326 e. The van der Waals surface area contributed by atoms with Crippen molar-refractivity contribution >= 4 is 11.9 Å². The van der Waals surface area contributed by atoms with Gasteiger partial charge < -0.3 is 10.4 Å². The summed E-state index contributed by atoms with van der Waals surface area (Å²) < 4.78 is 0. The van der Waals surface area contributed by atoms with Crippen LogP contribution in [0, 0.1) is 6.92 Å².